The molecule has 3 nitrogen and oxygen atoms in total. The fraction of sp³-hybridized carbons (Fsp3) is 0.615. The molecule has 2 rings (SSSR count). The predicted molar refractivity (Wildman–Crippen MR) is 67.3 cm³/mol. The second-order valence-electron chi connectivity index (χ2n) is 4.92. The third kappa shape index (κ3) is 2.73. The summed E-state index contributed by atoms with van der Waals surface area (Å²) in [5, 5.41) is 0. The van der Waals surface area contributed by atoms with Crippen LogP contribution in [-0.4, -0.2) is 17.6 Å². The number of rotatable bonds is 5. The number of anilines is 1. The van der Waals surface area contributed by atoms with Gasteiger partial charge in [0, 0.05) is 25.3 Å². The van der Waals surface area contributed by atoms with Crippen LogP contribution < -0.4 is 10.6 Å². The minimum Gasteiger partial charge on any atom is -0.354 e. The van der Waals surface area contributed by atoms with Gasteiger partial charge < -0.3 is 10.6 Å². The molecule has 0 saturated heterocycles. The predicted octanol–water partition coefficient (Wildman–Crippen LogP) is 2.17. The lowest BCUT2D eigenvalue weighted by atomic mass is 10.2. The zero-order valence-corrected chi connectivity index (χ0v) is 10.2. The average Bonchev–Trinajstić information content (AvgIpc) is 3.09. The standard InChI is InChI=1S/C13H21N3/c1-10(2)16(9-11-3-4-11)13-6-5-12(7-14)8-15-13/h5-6,8,10-11H,3-4,7,9,14H2,1-2H3. The SMILES string of the molecule is CC(C)N(CC1CC1)c1ccc(CN)cn1. The lowest BCUT2D eigenvalue weighted by Crippen LogP contribution is -2.33. The summed E-state index contributed by atoms with van der Waals surface area (Å²) >= 11 is 0. The summed E-state index contributed by atoms with van der Waals surface area (Å²) in [7, 11) is 0. The average molecular weight is 219 g/mol. The summed E-state index contributed by atoms with van der Waals surface area (Å²) in [5.41, 5.74) is 6.67. The number of hydrogen-bond acceptors (Lipinski definition) is 3. The van der Waals surface area contributed by atoms with E-state index >= 15 is 0 Å². The third-order valence-corrected chi connectivity index (χ3v) is 3.11. The molecule has 0 aromatic carbocycles. The zero-order valence-electron chi connectivity index (χ0n) is 10.2. The highest BCUT2D eigenvalue weighted by Gasteiger charge is 2.26. The lowest BCUT2D eigenvalue weighted by molar-refractivity contribution is 0.636. The quantitative estimate of drug-likeness (QED) is 0.825. The molecule has 1 aliphatic rings. The summed E-state index contributed by atoms with van der Waals surface area (Å²) in [6.45, 7) is 6.16. The van der Waals surface area contributed by atoms with Gasteiger partial charge in [0.2, 0.25) is 0 Å². The maximum absolute atomic E-state index is 5.57. The number of pyridine rings is 1. The van der Waals surface area contributed by atoms with E-state index in [0.29, 0.717) is 12.6 Å². The molecule has 16 heavy (non-hydrogen) atoms. The molecule has 1 aliphatic carbocycles. The molecule has 0 unspecified atom stereocenters. The van der Waals surface area contributed by atoms with Crippen molar-refractivity contribution < 1.29 is 0 Å². The van der Waals surface area contributed by atoms with Gasteiger partial charge in [0.05, 0.1) is 0 Å². The van der Waals surface area contributed by atoms with Gasteiger partial charge >= 0.3 is 0 Å². The zero-order chi connectivity index (χ0) is 11.5. The van der Waals surface area contributed by atoms with E-state index in [0.717, 1.165) is 23.8 Å². The molecule has 1 saturated carbocycles. The number of nitrogens with two attached hydrogens (primary N) is 1. The molecule has 0 atom stereocenters. The second kappa shape index (κ2) is 4.83. The summed E-state index contributed by atoms with van der Waals surface area (Å²) in [5.74, 6) is 1.97. The van der Waals surface area contributed by atoms with E-state index in [1.54, 1.807) is 0 Å². The first-order valence-corrected chi connectivity index (χ1v) is 6.12. The van der Waals surface area contributed by atoms with E-state index in [1.165, 1.54) is 12.8 Å². The van der Waals surface area contributed by atoms with Crippen molar-refractivity contribution in [1.29, 1.82) is 0 Å². The molecule has 0 aliphatic heterocycles. The summed E-state index contributed by atoms with van der Waals surface area (Å²) < 4.78 is 0. The van der Waals surface area contributed by atoms with E-state index < -0.39 is 0 Å². The molecular formula is C13H21N3. The van der Waals surface area contributed by atoms with Gasteiger partial charge in [0.1, 0.15) is 5.82 Å². The Balaban J connectivity index is 2.10. The maximum Gasteiger partial charge on any atom is 0.128 e. The van der Waals surface area contributed by atoms with E-state index in [9.17, 15) is 0 Å². The van der Waals surface area contributed by atoms with E-state index in [4.69, 9.17) is 5.73 Å². The van der Waals surface area contributed by atoms with Crippen molar-refractivity contribution in [2.75, 3.05) is 11.4 Å². The number of nitrogens with zero attached hydrogens (tertiary/aromatic N) is 2. The van der Waals surface area contributed by atoms with Crippen LogP contribution in [0, 0.1) is 5.92 Å². The Morgan fingerprint density at radius 3 is 2.62 bits per heavy atom. The first-order valence-electron chi connectivity index (χ1n) is 6.12. The Morgan fingerprint density at radius 1 is 1.44 bits per heavy atom. The highest BCUT2D eigenvalue weighted by molar-refractivity contribution is 5.40. The van der Waals surface area contributed by atoms with Crippen LogP contribution in [0.1, 0.15) is 32.3 Å². The smallest absolute Gasteiger partial charge is 0.128 e. The van der Waals surface area contributed by atoms with Crippen molar-refractivity contribution in [3.63, 3.8) is 0 Å². The minimum absolute atomic E-state index is 0.511. The van der Waals surface area contributed by atoms with Crippen molar-refractivity contribution in [2.45, 2.75) is 39.3 Å². The van der Waals surface area contributed by atoms with Crippen LogP contribution in [0.3, 0.4) is 0 Å². The van der Waals surface area contributed by atoms with Gasteiger partial charge in [-0.15, -0.1) is 0 Å². The highest BCUT2D eigenvalue weighted by atomic mass is 15.2. The van der Waals surface area contributed by atoms with Crippen LogP contribution in [0.5, 0.6) is 0 Å². The Bertz CT molecular complexity index is 328. The summed E-state index contributed by atoms with van der Waals surface area (Å²) in [6.07, 6.45) is 4.64. The molecule has 1 heterocycles. The van der Waals surface area contributed by atoms with Crippen LogP contribution in [0.2, 0.25) is 0 Å². The summed E-state index contributed by atoms with van der Waals surface area (Å²) in [4.78, 5) is 6.88. The first kappa shape index (κ1) is 11.4. The lowest BCUT2D eigenvalue weighted by Gasteiger charge is -2.28. The van der Waals surface area contributed by atoms with Crippen LogP contribution >= 0.6 is 0 Å². The van der Waals surface area contributed by atoms with Gasteiger partial charge in [-0.3, -0.25) is 0 Å². The molecule has 88 valence electrons. The number of hydrogen-bond donors (Lipinski definition) is 1. The molecule has 0 radical (unpaired) electrons. The summed E-state index contributed by atoms with van der Waals surface area (Å²) in [6, 6.07) is 4.67. The fourth-order valence-electron chi connectivity index (χ4n) is 1.85. The van der Waals surface area contributed by atoms with Crippen molar-refractivity contribution in [3.05, 3.63) is 23.9 Å². The monoisotopic (exact) mass is 219 g/mol. The molecule has 1 aromatic rings. The van der Waals surface area contributed by atoms with E-state index in [1.807, 2.05) is 6.20 Å². The molecule has 0 spiro atoms. The van der Waals surface area contributed by atoms with Gasteiger partial charge in [0.25, 0.3) is 0 Å². The minimum atomic E-state index is 0.511. The molecule has 3 heteroatoms. The molecular weight excluding hydrogens is 198 g/mol. The Morgan fingerprint density at radius 2 is 2.19 bits per heavy atom. The second-order valence-corrected chi connectivity index (χ2v) is 4.92. The van der Waals surface area contributed by atoms with Gasteiger partial charge in [-0.1, -0.05) is 6.07 Å². The Kier molecular flexibility index (Phi) is 3.44. The van der Waals surface area contributed by atoms with Crippen molar-refractivity contribution in [1.82, 2.24) is 4.98 Å². The Hall–Kier alpha value is -1.09. The number of aromatic nitrogens is 1. The topological polar surface area (TPSA) is 42.1 Å². The van der Waals surface area contributed by atoms with Gasteiger partial charge in [-0.25, -0.2) is 4.98 Å². The van der Waals surface area contributed by atoms with Crippen LogP contribution in [0.25, 0.3) is 0 Å². The maximum atomic E-state index is 5.57. The van der Waals surface area contributed by atoms with Crippen LogP contribution in [0.4, 0.5) is 5.82 Å². The molecule has 0 bridgehead atoms. The molecule has 1 fully saturated rings. The first-order chi connectivity index (χ1) is 7.70. The van der Waals surface area contributed by atoms with Gasteiger partial charge in [-0.2, -0.15) is 0 Å². The highest BCUT2D eigenvalue weighted by Crippen LogP contribution is 2.31. The normalized spacial score (nSPS) is 15.5. The van der Waals surface area contributed by atoms with Crippen molar-refractivity contribution >= 4 is 5.82 Å². The van der Waals surface area contributed by atoms with Gasteiger partial charge in [0.15, 0.2) is 0 Å². The molecule has 1 aromatic heterocycles. The molecule has 2 N–H and O–H groups in total. The van der Waals surface area contributed by atoms with Crippen LogP contribution in [0.15, 0.2) is 18.3 Å². The third-order valence-electron chi connectivity index (χ3n) is 3.11. The van der Waals surface area contributed by atoms with E-state index in [-0.39, 0.29) is 0 Å². The molecule has 0 amide bonds. The van der Waals surface area contributed by atoms with Gasteiger partial charge in [-0.05, 0) is 44.2 Å². The fourth-order valence-corrected chi connectivity index (χ4v) is 1.85. The van der Waals surface area contributed by atoms with Crippen molar-refractivity contribution in [2.24, 2.45) is 11.7 Å². The van der Waals surface area contributed by atoms with Crippen LogP contribution in [-0.2, 0) is 6.54 Å². The Labute approximate surface area is 97.7 Å². The largest absolute Gasteiger partial charge is 0.354 e. The van der Waals surface area contributed by atoms with E-state index in [2.05, 4.69) is 35.9 Å². The van der Waals surface area contributed by atoms with Crippen molar-refractivity contribution in [3.8, 4) is 0 Å².